The first-order valence-corrected chi connectivity index (χ1v) is 13.4. The van der Waals surface area contributed by atoms with Crippen LogP contribution in [0.3, 0.4) is 0 Å². The zero-order valence-electron chi connectivity index (χ0n) is 21.7. The van der Waals surface area contributed by atoms with E-state index < -0.39 is 23.9 Å². The Kier molecular flexibility index (Phi) is 6.52. The molecule has 0 spiro atoms. The molecule has 0 saturated heterocycles. The van der Waals surface area contributed by atoms with Gasteiger partial charge in [-0.1, -0.05) is 65.8 Å². The molecule has 0 aromatic rings. The van der Waals surface area contributed by atoms with E-state index in [1.54, 1.807) is 0 Å². The van der Waals surface area contributed by atoms with Crippen molar-refractivity contribution in [2.75, 3.05) is 0 Å². The zero-order chi connectivity index (χ0) is 24.5. The molecule has 188 valence electrons. The predicted molar refractivity (Wildman–Crippen MR) is 132 cm³/mol. The van der Waals surface area contributed by atoms with Gasteiger partial charge in [-0.15, -0.1) is 0 Å². The molecule has 4 N–H and O–H groups in total. The lowest BCUT2D eigenvalue weighted by atomic mass is 9.40. The van der Waals surface area contributed by atoms with Gasteiger partial charge < -0.3 is 20.4 Å². The highest BCUT2D eigenvalue weighted by molar-refractivity contribution is 5.22. The number of rotatable bonds is 4. The molecule has 4 fully saturated rings. The molecule has 3 unspecified atom stereocenters. The Hall–Kier alpha value is -0.680. The van der Waals surface area contributed by atoms with Gasteiger partial charge in [0.25, 0.3) is 0 Å². The van der Waals surface area contributed by atoms with E-state index in [0.29, 0.717) is 37.0 Å². The summed E-state index contributed by atoms with van der Waals surface area (Å²) in [7, 11) is 0. The van der Waals surface area contributed by atoms with Crippen molar-refractivity contribution in [3.63, 3.8) is 0 Å². The molecule has 0 aromatic heterocycles. The maximum Gasteiger partial charge on any atom is 0.0827 e. The molecule has 0 radical (unpaired) electrons. The lowest BCUT2D eigenvalue weighted by Gasteiger charge is -2.67. The van der Waals surface area contributed by atoms with Gasteiger partial charge in [-0.2, -0.15) is 0 Å². The molecule has 4 nitrogen and oxygen atoms in total. The van der Waals surface area contributed by atoms with E-state index in [0.717, 1.165) is 24.8 Å². The van der Waals surface area contributed by atoms with Gasteiger partial charge in [0.05, 0.1) is 23.9 Å². The summed E-state index contributed by atoms with van der Waals surface area (Å²) in [5.74, 6) is 1.30. The van der Waals surface area contributed by atoms with E-state index in [1.807, 2.05) is 6.92 Å². The van der Waals surface area contributed by atoms with Gasteiger partial charge in [0.1, 0.15) is 0 Å². The molecule has 4 saturated carbocycles. The highest BCUT2D eigenvalue weighted by atomic mass is 16.3. The third-order valence-corrected chi connectivity index (χ3v) is 11.2. The van der Waals surface area contributed by atoms with E-state index in [9.17, 15) is 20.4 Å². The fraction of sp³-hybridized carbons (Fsp3) is 0.862. The second kappa shape index (κ2) is 8.47. The minimum atomic E-state index is -0.918. The Balaban J connectivity index is 1.64. The number of allylic oxidation sites excluding steroid dienone is 3. The summed E-state index contributed by atoms with van der Waals surface area (Å²) < 4.78 is 0. The van der Waals surface area contributed by atoms with Gasteiger partial charge in [0, 0.05) is 5.92 Å². The van der Waals surface area contributed by atoms with Gasteiger partial charge >= 0.3 is 0 Å². The number of hydrogen-bond acceptors (Lipinski definition) is 4. The van der Waals surface area contributed by atoms with Crippen molar-refractivity contribution in [2.24, 2.45) is 52.3 Å². The maximum atomic E-state index is 12.4. The van der Waals surface area contributed by atoms with Crippen LogP contribution >= 0.6 is 0 Å². The molecular formula is C29H48O4. The third-order valence-electron chi connectivity index (χ3n) is 11.2. The SMILES string of the molecule is C=C(/C=C/[C@@H](C)[C@H]1CCC2[C@]3(O)CCC4[C@H](C)[C@@H](O)[C@@H](O)C[C@]4(C)C3[C@@H](O)C[C@@]21C)C(C)C. The van der Waals surface area contributed by atoms with E-state index in [1.165, 1.54) is 0 Å². The monoisotopic (exact) mass is 460 g/mol. The third kappa shape index (κ3) is 3.70. The van der Waals surface area contributed by atoms with Gasteiger partial charge in [0.15, 0.2) is 0 Å². The van der Waals surface area contributed by atoms with E-state index >= 15 is 0 Å². The molecule has 0 aliphatic heterocycles. The molecule has 0 heterocycles. The van der Waals surface area contributed by atoms with Gasteiger partial charge in [-0.3, -0.25) is 0 Å². The van der Waals surface area contributed by atoms with Crippen LogP contribution in [0.15, 0.2) is 24.3 Å². The van der Waals surface area contributed by atoms with Crippen molar-refractivity contribution in [1.29, 1.82) is 0 Å². The molecule has 12 atom stereocenters. The van der Waals surface area contributed by atoms with Crippen LogP contribution in [0.1, 0.15) is 80.1 Å². The minimum absolute atomic E-state index is 0.0284. The Morgan fingerprint density at radius 2 is 1.61 bits per heavy atom. The van der Waals surface area contributed by atoms with Crippen LogP contribution in [0.4, 0.5) is 0 Å². The molecule has 4 heteroatoms. The van der Waals surface area contributed by atoms with Crippen molar-refractivity contribution in [1.82, 2.24) is 0 Å². The largest absolute Gasteiger partial charge is 0.393 e. The van der Waals surface area contributed by atoms with Crippen LogP contribution in [-0.2, 0) is 0 Å². The zero-order valence-corrected chi connectivity index (χ0v) is 21.7. The molecular weight excluding hydrogens is 412 g/mol. The van der Waals surface area contributed by atoms with Gasteiger partial charge in [-0.05, 0) is 84.9 Å². The summed E-state index contributed by atoms with van der Waals surface area (Å²) >= 11 is 0. The highest BCUT2D eigenvalue weighted by Crippen LogP contribution is 2.70. The van der Waals surface area contributed by atoms with Crippen molar-refractivity contribution in [3.8, 4) is 0 Å². The number of hydrogen-bond donors (Lipinski definition) is 4. The van der Waals surface area contributed by atoms with E-state index in [-0.39, 0.29) is 34.5 Å². The molecule has 4 rings (SSSR count). The van der Waals surface area contributed by atoms with Crippen molar-refractivity contribution in [3.05, 3.63) is 24.3 Å². The van der Waals surface area contributed by atoms with E-state index in [2.05, 4.69) is 53.3 Å². The quantitative estimate of drug-likeness (QED) is 0.458. The summed E-state index contributed by atoms with van der Waals surface area (Å²) in [6.07, 6.45) is 7.11. The Labute approximate surface area is 201 Å². The molecule has 4 aliphatic rings. The molecule has 33 heavy (non-hydrogen) atoms. The van der Waals surface area contributed by atoms with Crippen LogP contribution < -0.4 is 0 Å². The lowest BCUT2D eigenvalue weighted by molar-refractivity contribution is -0.276. The lowest BCUT2D eigenvalue weighted by Crippen LogP contribution is -2.70. The molecule has 0 amide bonds. The first-order valence-electron chi connectivity index (χ1n) is 13.4. The van der Waals surface area contributed by atoms with E-state index in [4.69, 9.17) is 0 Å². The standard InChI is InChI=1S/C29H48O4/c1-16(2)17(3)8-9-18(4)20-10-11-24-27(20,6)15-23(31)26-28(7)14-22(30)25(32)19(5)21(28)12-13-29(24,26)33/h8-9,16,18-26,30-33H,3,10-15H2,1-2,4-7H3/b9-8+/t18-,19+,20-,21?,22+,23+,24?,25-,26?,27-,28+,29-/m1/s1. The Bertz CT molecular complexity index is 790. The van der Waals surface area contributed by atoms with Crippen LogP contribution in [0.25, 0.3) is 0 Å². The second-order valence-corrected chi connectivity index (χ2v) is 13.2. The van der Waals surface area contributed by atoms with Crippen molar-refractivity contribution >= 4 is 0 Å². The van der Waals surface area contributed by atoms with Gasteiger partial charge in [0.2, 0.25) is 0 Å². The summed E-state index contributed by atoms with van der Waals surface area (Å²) in [6, 6.07) is 0. The minimum Gasteiger partial charge on any atom is -0.393 e. The normalized spacial score (nSPS) is 52.9. The second-order valence-electron chi connectivity index (χ2n) is 13.2. The van der Waals surface area contributed by atoms with Crippen molar-refractivity contribution < 1.29 is 20.4 Å². The smallest absolute Gasteiger partial charge is 0.0827 e. The first kappa shape index (κ1) is 25.4. The topological polar surface area (TPSA) is 80.9 Å². The fourth-order valence-electron chi connectivity index (χ4n) is 9.55. The summed E-state index contributed by atoms with van der Waals surface area (Å²) in [4.78, 5) is 0. The summed E-state index contributed by atoms with van der Waals surface area (Å²) in [5, 5.41) is 45.3. The Morgan fingerprint density at radius 3 is 2.24 bits per heavy atom. The average molecular weight is 461 g/mol. The average Bonchev–Trinajstić information content (AvgIpc) is 3.06. The highest BCUT2D eigenvalue weighted by Gasteiger charge is 2.70. The number of fused-ring (bicyclic) bond motifs is 5. The predicted octanol–water partition coefficient (Wildman–Crippen LogP) is 4.71. The molecule has 0 aromatic carbocycles. The van der Waals surface area contributed by atoms with Crippen LogP contribution in [0.5, 0.6) is 0 Å². The van der Waals surface area contributed by atoms with Crippen molar-refractivity contribution in [2.45, 2.75) is 104 Å². The molecule has 4 aliphatic carbocycles. The van der Waals surface area contributed by atoms with Gasteiger partial charge in [-0.25, -0.2) is 0 Å². The summed E-state index contributed by atoms with van der Waals surface area (Å²) in [5.41, 5.74) is -0.263. The number of aliphatic hydroxyl groups is 4. The molecule has 0 bridgehead atoms. The Morgan fingerprint density at radius 1 is 0.970 bits per heavy atom. The maximum absolute atomic E-state index is 12.4. The van der Waals surface area contributed by atoms with Crippen LogP contribution in [0.2, 0.25) is 0 Å². The number of aliphatic hydroxyl groups excluding tert-OH is 3. The summed E-state index contributed by atoms with van der Waals surface area (Å²) in [6.45, 7) is 17.3. The first-order chi connectivity index (χ1) is 15.3. The fourth-order valence-corrected chi connectivity index (χ4v) is 9.55. The van der Waals surface area contributed by atoms with Crippen LogP contribution in [-0.4, -0.2) is 44.3 Å². The van der Waals surface area contributed by atoms with Crippen LogP contribution in [0, 0.1) is 52.3 Å².